The number of hydrogen-bond acceptors (Lipinski definition) is 3. The molecule has 1 fully saturated rings. The van der Waals surface area contributed by atoms with E-state index in [-0.39, 0.29) is 0 Å². The van der Waals surface area contributed by atoms with Crippen molar-refractivity contribution in [3.63, 3.8) is 0 Å². The highest BCUT2D eigenvalue weighted by Gasteiger charge is 2.24. The van der Waals surface area contributed by atoms with Crippen LogP contribution in [0.1, 0.15) is 12.8 Å². The van der Waals surface area contributed by atoms with Gasteiger partial charge in [-0.05, 0) is 31.0 Å². The maximum atomic E-state index is 11.7. The van der Waals surface area contributed by atoms with Crippen LogP contribution in [0.2, 0.25) is 0 Å². The first kappa shape index (κ1) is 12.7. The van der Waals surface area contributed by atoms with Crippen molar-refractivity contribution in [1.29, 1.82) is 0 Å². The lowest BCUT2D eigenvalue weighted by Gasteiger charge is -2.30. The van der Waals surface area contributed by atoms with Crippen LogP contribution in [0.15, 0.2) is 24.3 Å². The molecule has 5 nitrogen and oxygen atoms in total. The molecular weight excluding hydrogens is 228 g/mol. The van der Waals surface area contributed by atoms with Crippen LogP contribution < -0.4 is 15.6 Å². The molecule has 0 spiro atoms. The molecule has 0 radical (unpaired) electrons. The average Bonchev–Trinajstić information content (AvgIpc) is 2.82. The topological polar surface area (TPSA) is 52.8 Å². The number of rotatable bonds is 3. The zero-order valence-corrected chi connectivity index (χ0v) is 11.0. The van der Waals surface area contributed by atoms with Gasteiger partial charge in [0.1, 0.15) is 0 Å². The van der Waals surface area contributed by atoms with E-state index in [4.69, 9.17) is 5.73 Å². The van der Waals surface area contributed by atoms with Gasteiger partial charge < -0.3 is 10.6 Å². The molecule has 1 aliphatic heterocycles. The van der Waals surface area contributed by atoms with Gasteiger partial charge in [0.25, 0.3) is 0 Å². The molecule has 2 N–H and O–H groups in total. The van der Waals surface area contributed by atoms with Crippen molar-refractivity contribution >= 4 is 17.4 Å². The SMILES string of the molecule is CN(C)c1cccc(N(C(N)=O)N2CCCC2)c1. The fraction of sp³-hybridized carbons (Fsp3) is 0.462. The Labute approximate surface area is 108 Å². The third kappa shape index (κ3) is 2.56. The predicted octanol–water partition coefficient (Wildman–Crippen LogP) is 1.65. The highest BCUT2D eigenvalue weighted by Crippen LogP contribution is 2.24. The molecule has 2 rings (SSSR count). The summed E-state index contributed by atoms with van der Waals surface area (Å²) in [5, 5.41) is 3.59. The third-order valence-corrected chi connectivity index (χ3v) is 3.16. The Morgan fingerprint density at radius 1 is 1.22 bits per heavy atom. The molecular formula is C13H20N4O. The number of hydrazine groups is 1. The summed E-state index contributed by atoms with van der Waals surface area (Å²) in [6.45, 7) is 1.77. The number of urea groups is 1. The van der Waals surface area contributed by atoms with Crippen molar-refractivity contribution in [2.45, 2.75) is 12.8 Å². The number of carbonyl (C=O) groups is 1. The lowest BCUT2D eigenvalue weighted by Crippen LogP contribution is -2.48. The van der Waals surface area contributed by atoms with E-state index >= 15 is 0 Å². The minimum absolute atomic E-state index is 0.423. The molecule has 18 heavy (non-hydrogen) atoms. The number of nitrogens with two attached hydrogens (primary N) is 1. The number of amides is 2. The van der Waals surface area contributed by atoms with Crippen LogP contribution in [-0.2, 0) is 0 Å². The van der Waals surface area contributed by atoms with Gasteiger partial charge in [0.15, 0.2) is 0 Å². The van der Waals surface area contributed by atoms with Gasteiger partial charge in [-0.15, -0.1) is 0 Å². The quantitative estimate of drug-likeness (QED) is 0.885. The Bertz CT molecular complexity index is 427. The van der Waals surface area contributed by atoms with Crippen LogP contribution in [-0.4, -0.2) is 38.2 Å². The molecule has 0 bridgehead atoms. The van der Waals surface area contributed by atoms with Crippen LogP contribution in [0.4, 0.5) is 16.2 Å². The molecule has 1 aliphatic rings. The van der Waals surface area contributed by atoms with Gasteiger partial charge in [-0.25, -0.2) is 14.8 Å². The predicted molar refractivity (Wildman–Crippen MR) is 73.6 cm³/mol. The minimum Gasteiger partial charge on any atom is -0.378 e. The number of primary amides is 1. The molecule has 0 aliphatic carbocycles. The van der Waals surface area contributed by atoms with Crippen LogP contribution in [0.25, 0.3) is 0 Å². The Morgan fingerprint density at radius 3 is 2.39 bits per heavy atom. The first-order valence-electron chi connectivity index (χ1n) is 6.21. The summed E-state index contributed by atoms with van der Waals surface area (Å²) in [6.07, 6.45) is 2.22. The number of carbonyl (C=O) groups excluding carboxylic acids is 1. The van der Waals surface area contributed by atoms with E-state index in [1.807, 2.05) is 48.3 Å². The van der Waals surface area contributed by atoms with Crippen LogP contribution >= 0.6 is 0 Å². The lowest BCUT2D eigenvalue weighted by atomic mass is 10.2. The van der Waals surface area contributed by atoms with Gasteiger partial charge in [-0.3, -0.25) is 0 Å². The molecule has 0 atom stereocenters. The molecule has 98 valence electrons. The molecule has 0 saturated carbocycles. The van der Waals surface area contributed by atoms with E-state index in [0.717, 1.165) is 37.3 Å². The summed E-state index contributed by atoms with van der Waals surface area (Å²) in [5.41, 5.74) is 7.39. The smallest absolute Gasteiger partial charge is 0.334 e. The number of hydrogen-bond donors (Lipinski definition) is 1. The molecule has 0 aromatic heterocycles. The van der Waals surface area contributed by atoms with E-state index in [2.05, 4.69) is 0 Å². The van der Waals surface area contributed by atoms with Crippen LogP contribution in [0, 0.1) is 0 Å². The Kier molecular flexibility index (Phi) is 3.72. The van der Waals surface area contributed by atoms with E-state index in [9.17, 15) is 4.79 Å². The number of anilines is 2. The largest absolute Gasteiger partial charge is 0.378 e. The third-order valence-electron chi connectivity index (χ3n) is 3.16. The van der Waals surface area contributed by atoms with Gasteiger partial charge in [-0.1, -0.05) is 6.07 Å². The second kappa shape index (κ2) is 5.27. The summed E-state index contributed by atoms with van der Waals surface area (Å²) in [4.78, 5) is 13.7. The molecule has 1 heterocycles. The minimum atomic E-state index is -0.423. The summed E-state index contributed by atoms with van der Waals surface area (Å²) in [7, 11) is 3.95. The summed E-state index contributed by atoms with van der Waals surface area (Å²) >= 11 is 0. The summed E-state index contributed by atoms with van der Waals surface area (Å²) in [5.74, 6) is 0. The molecule has 1 aromatic carbocycles. The molecule has 2 amide bonds. The van der Waals surface area contributed by atoms with Crippen molar-refractivity contribution < 1.29 is 4.79 Å². The van der Waals surface area contributed by atoms with E-state index in [1.54, 1.807) is 5.01 Å². The zero-order chi connectivity index (χ0) is 13.1. The van der Waals surface area contributed by atoms with E-state index < -0.39 is 6.03 Å². The molecule has 0 unspecified atom stereocenters. The molecule has 1 aromatic rings. The zero-order valence-electron chi connectivity index (χ0n) is 11.0. The Morgan fingerprint density at radius 2 is 1.83 bits per heavy atom. The van der Waals surface area contributed by atoms with E-state index in [1.165, 1.54) is 0 Å². The van der Waals surface area contributed by atoms with Crippen molar-refractivity contribution in [3.05, 3.63) is 24.3 Å². The highest BCUT2D eigenvalue weighted by atomic mass is 16.2. The van der Waals surface area contributed by atoms with Gasteiger partial charge in [0.2, 0.25) is 0 Å². The standard InChI is InChI=1S/C13H20N4O/c1-15(2)11-6-5-7-12(10-11)17(13(14)18)16-8-3-4-9-16/h5-7,10H,3-4,8-9H2,1-2H3,(H2,14,18). The van der Waals surface area contributed by atoms with Gasteiger partial charge in [0.05, 0.1) is 5.69 Å². The monoisotopic (exact) mass is 248 g/mol. The number of nitrogens with zero attached hydrogens (tertiary/aromatic N) is 3. The van der Waals surface area contributed by atoms with Crippen molar-refractivity contribution in [1.82, 2.24) is 5.01 Å². The average molecular weight is 248 g/mol. The molecule has 1 saturated heterocycles. The van der Waals surface area contributed by atoms with Gasteiger partial charge in [-0.2, -0.15) is 0 Å². The highest BCUT2D eigenvalue weighted by molar-refractivity contribution is 5.90. The second-order valence-corrected chi connectivity index (χ2v) is 4.73. The van der Waals surface area contributed by atoms with Gasteiger partial charge >= 0.3 is 6.03 Å². The molecule has 5 heteroatoms. The van der Waals surface area contributed by atoms with Crippen molar-refractivity contribution in [3.8, 4) is 0 Å². The maximum Gasteiger partial charge on any atom is 0.334 e. The van der Waals surface area contributed by atoms with Crippen LogP contribution in [0.3, 0.4) is 0 Å². The number of benzene rings is 1. The first-order valence-corrected chi connectivity index (χ1v) is 6.21. The Balaban J connectivity index is 2.30. The maximum absolute atomic E-state index is 11.7. The summed E-state index contributed by atoms with van der Waals surface area (Å²) in [6, 6.07) is 7.41. The fourth-order valence-corrected chi connectivity index (χ4v) is 2.23. The first-order chi connectivity index (χ1) is 8.59. The van der Waals surface area contributed by atoms with Crippen molar-refractivity contribution in [2.75, 3.05) is 37.1 Å². The van der Waals surface area contributed by atoms with Crippen molar-refractivity contribution in [2.24, 2.45) is 5.73 Å². The fourth-order valence-electron chi connectivity index (χ4n) is 2.23. The van der Waals surface area contributed by atoms with E-state index in [0.29, 0.717) is 0 Å². The summed E-state index contributed by atoms with van der Waals surface area (Å²) < 4.78 is 0. The Hall–Kier alpha value is -1.75. The second-order valence-electron chi connectivity index (χ2n) is 4.73. The van der Waals surface area contributed by atoms with Gasteiger partial charge in [0, 0.05) is 32.9 Å². The van der Waals surface area contributed by atoms with Crippen LogP contribution in [0.5, 0.6) is 0 Å². The lowest BCUT2D eigenvalue weighted by molar-refractivity contribution is 0.231. The normalized spacial score (nSPS) is 15.7.